The molecule has 2 N–H and O–H groups in total. The second-order valence-electron chi connectivity index (χ2n) is 4.85. The number of hydrogen-bond acceptors (Lipinski definition) is 3. The highest BCUT2D eigenvalue weighted by Gasteiger charge is 2.27. The number of nitrogens with two attached hydrogens (primary N) is 1. The lowest BCUT2D eigenvalue weighted by atomic mass is 9.89. The first-order valence-electron chi connectivity index (χ1n) is 6.12. The minimum Gasteiger partial charge on any atom is -0.496 e. The Labute approximate surface area is 103 Å². The molecule has 2 atom stereocenters. The first kappa shape index (κ1) is 12.4. The molecule has 1 aliphatic heterocycles. The molecular weight excluding hydrogens is 214 g/mol. The Hall–Kier alpha value is -1.06. The second-order valence-corrected chi connectivity index (χ2v) is 4.85. The summed E-state index contributed by atoms with van der Waals surface area (Å²) in [5.41, 5.74) is 9.92. The molecule has 1 aliphatic rings. The molecule has 94 valence electrons. The van der Waals surface area contributed by atoms with Gasteiger partial charge in [0.05, 0.1) is 13.7 Å². The van der Waals surface area contributed by atoms with Crippen molar-refractivity contribution >= 4 is 0 Å². The van der Waals surface area contributed by atoms with Crippen molar-refractivity contribution in [3.63, 3.8) is 0 Å². The van der Waals surface area contributed by atoms with Crippen LogP contribution in [-0.2, 0) is 4.74 Å². The van der Waals surface area contributed by atoms with Gasteiger partial charge in [-0.25, -0.2) is 0 Å². The summed E-state index contributed by atoms with van der Waals surface area (Å²) < 4.78 is 10.9. The molecule has 1 heterocycles. The fraction of sp³-hybridized carbons (Fsp3) is 0.571. The predicted molar refractivity (Wildman–Crippen MR) is 68.3 cm³/mol. The smallest absolute Gasteiger partial charge is 0.124 e. The molecule has 0 aliphatic carbocycles. The molecule has 0 saturated carbocycles. The zero-order valence-corrected chi connectivity index (χ0v) is 10.8. The summed E-state index contributed by atoms with van der Waals surface area (Å²) in [5, 5.41) is 0. The van der Waals surface area contributed by atoms with E-state index in [-0.39, 0.29) is 6.04 Å². The Kier molecular flexibility index (Phi) is 3.69. The van der Waals surface area contributed by atoms with E-state index in [2.05, 4.69) is 26.0 Å². The third kappa shape index (κ3) is 2.45. The monoisotopic (exact) mass is 235 g/mol. The van der Waals surface area contributed by atoms with Gasteiger partial charge in [0.1, 0.15) is 5.75 Å². The van der Waals surface area contributed by atoms with Gasteiger partial charge in [-0.05, 0) is 37.5 Å². The summed E-state index contributed by atoms with van der Waals surface area (Å²) in [6.07, 6.45) is 1.04. The van der Waals surface area contributed by atoms with Gasteiger partial charge < -0.3 is 15.2 Å². The Morgan fingerprint density at radius 1 is 1.41 bits per heavy atom. The van der Waals surface area contributed by atoms with E-state index in [0.29, 0.717) is 5.92 Å². The van der Waals surface area contributed by atoms with Gasteiger partial charge in [0.15, 0.2) is 0 Å². The molecule has 0 radical (unpaired) electrons. The Bertz CT molecular complexity index is 397. The summed E-state index contributed by atoms with van der Waals surface area (Å²) in [4.78, 5) is 0. The number of benzene rings is 1. The van der Waals surface area contributed by atoms with E-state index in [0.717, 1.165) is 30.9 Å². The van der Waals surface area contributed by atoms with Gasteiger partial charge in [0.25, 0.3) is 0 Å². The first-order valence-corrected chi connectivity index (χ1v) is 6.12. The molecule has 2 unspecified atom stereocenters. The number of hydrogen-bond donors (Lipinski definition) is 1. The highest BCUT2D eigenvalue weighted by atomic mass is 16.5. The van der Waals surface area contributed by atoms with Gasteiger partial charge in [-0.15, -0.1) is 0 Å². The van der Waals surface area contributed by atoms with Crippen LogP contribution >= 0.6 is 0 Å². The SMILES string of the molecule is COc1cc(C)cc(C)c1C(N)C1CCOC1. The van der Waals surface area contributed by atoms with E-state index in [9.17, 15) is 0 Å². The van der Waals surface area contributed by atoms with Gasteiger partial charge in [-0.3, -0.25) is 0 Å². The second kappa shape index (κ2) is 5.07. The number of methoxy groups -OCH3 is 1. The van der Waals surface area contributed by atoms with Gasteiger partial charge in [-0.2, -0.15) is 0 Å². The highest BCUT2D eigenvalue weighted by molar-refractivity contribution is 5.45. The maximum Gasteiger partial charge on any atom is 0.124 e. The largest absolute Gasteiger partial charge is 0.496 e. The van der Waals surface area contributed by atoms with Crippen molar-refractivity contribution in [3.8, 4) is 5.75 Å². The van der Waals surface area contributed by atoms with Crippen LogP contribution in [0.4, 0.5) is 0 Å². The maximum atomic E-state index is 6.37. The molecule has 0 amide bonds. The van der Waals surface area contributed by atoms with E-state index >= 15 is 0 Å². The predicted octanol–water partition coefficient (Wildman–Crippen LogP) is 2.35. The fourth-order valence-corrected chi connectivity index (χ4v) is 2.61. The van der Waals surface area contributed by atoms with Crippen LogP contribution in [0.1, 0.15) is 29.2 Å². The molecule has 1 saturated heterocycles. The Morgan fingerprint density at radius 3 is 2.76 bits per heavy atom. The lowest BCUT2D eigenvalue weighted by molar-refractivity contribution is 0.180. The van der Waals surface area contributed by atoms with E-state index in [4.69, 9.17) is 15.2 Å². The first-order chi connectivity index (χ1) is 8.13. The van der Waals surface area contributed by atoms with Crippen molar-refractivity contribution in [3.05, 3.63) is 28.8 Å². The molecule has 1 aromatic rings. The Morgan fingerprint density at radius 2 is 2.18 bits per heavy atom. The summed E-state index contributed by atoms with van der Waals surface area (Å²) in [6.45, 7) is 5.76. The molecule has 0 spiro atoms. The van der Waals surface area contributed by atoms with Crippen molar-refractivity contribution in [2.45, 2.75) is 26.3 Å². The quantitative estimate of drug-likeness (QED) is 0.874. The van der Waals surface area contributed by atoms with Crippen molar-refractivity contribution in [2.75, 3.05) is 20.3 Å². The summed E-state index contributed by atoms with van der Waals surface area (Å²) in [7, 11) is 1.70. The number of aryl methyl sites for hydroxylation is 2. The van der Waals surface area contributed by atoms with Crippen LogP contribution in [0.5, 0.6) is 5.75 Å². The van der Waals surface area contributed by atoms with Crippen LogP contribution in [0, 0.1) is 19.8 Å². The van der Waals surface area contributed by atoms with Crippen LogP contribution in [0.15, 0.2) is 12.1 Å². The lowest BCUT2D eigenvalue weighted by Crippen LogP contribution is -2.23. The van der Waals surface area contributed by atoms with Crippen LogP contribution in [-0.4, -0.2) is 20.3 Å². The zero-order valence-electron chi connectivity index (χ0n) is 10.8. The minimum absolute atomic E-state index is 0.00745. The summed E-state index contributed by atoms with van der Waals surface area (Å²) in [5.74, 6) is 1.31. The van der Waals surface area contributed by atoms with E-state index in [1.807, 2.05) is 0 Å². The third-order valence-corrected chi connectivity index (χ3v) is 3.52. The molecule has 3 heteroatoms. The van der Waals surface area contributed by atoms with Gasteiger partial charge in [0, 0.05) is 24.1 Å². The molecular formula is C14H21NO2. The normalized spacial score (nSPS) is 21.5. The number of ether oxygens (including phenoxy) is 2. The average Bonchev–Trinajstić information content (AvgIpc) is 2.80. The van der Waals surface area contributed by atoms with E-state index < -0.39 is 0 Å². The highest BCUT2D eigenvalue weighted by Crippen LogP contribution is 2.35. The molecule has 3 nitrogen and oxygen atoms in total. The number of rotatable bonds is 3. The van der Waals surface area contributed by atoms with Crippen molar-refractivity contribution < 1.29 is 9.47 Å². The standard InChI is InChI=1S/C14H21NO2/c1-9-6-10(2)13(12(7-9)16-3)14(15)11-4-5-17-8-11/h6-7,11,14H,4-5,8,15H2,1-3H3. The molecule has 0 bridgehead atoms. The minimum atomic E-state index is 0.00745. The molecule has 1 aromatic carbocycles. The maximum absolute atomic E-state index is 6.37. The van der Waals surface area contributed by atoms with Crippen molar-refractivity contribution in [1.29, 1.82) is 0 Å². The third-order valence-electron chi connectivity index (χ3n) is 3.52. The summed E-state index contributed by atoms with van der Waals surface area (Å²) in [6, 6.07) is 4.22. The van der Waals surface area contributed by atoms with Gasteiger partial charge in [0.2, 0.25) is 0 Å². The molecule has 0 aromatic heterocycles. The van der Waals surface area contributed by atoms with Crippen LogP contribution < -0.4 is 10.5 Å². The van der Waals surface area contributed by atoms with E-state index in [1.54, 1.807) is 7.11 Å². The average molecular weight is 235 g/mol. The van der Waals surface area contributed by atoms with Gasteiger partial charge >= 0.3 is 0 Å². The lowest BCUT2D eigenvalue weighted by Gasteiger charge is -2.23. The van der Waals surface area contributed by atoms with E-state index in [1.165, 1.54) is 11.1 Å². The van der Waals surface area contributed by atoms with Gasteiger partial charge in [-0.1, -0.05) is 6.07 Å². The summed E-state index contributed by atoms with van der Waals surface area (Å²) >= 11 is 0. The molecule has 17 heavy (non-hydrogen) atoms. The van der Waals surface area contributed by atoms with Crippen molar-refractivity contribution in [2.24, 2.45) is 11.7 Å². The molecule has 1 fully saturated rings. The fourth-order valence-electron chi connectivity index (χ4n) is 2.61. The van der Waals surface area contributed by atoms with Crippen LogP contribution in [0.3, 0.4) is 0 Å². The van der Waals surface area contributed by atoms with Crippen molar-refractivity contribution in [1.82, 2.24) is 0 Å². The van der Waals surface area contributed by atoms with Crippen LogP contribution in [0.25, 0.3) is 0 Å². The van der Waals surface area contributed by atoms with Crippen LogP contribution in [0.2, 0.25) is 0 Å². The Balaban J connectivity index is 2.35. The molecule has 2 rings (SSSR count). The zero-order chi connectivity index (χ0) is 12.4. The topological polar surface area (TPSA) is 44.5 Å².